The molecule has 1 fully saturated rings. The average molecular weight is 446 g/mol. The predicted molar refractivity (Wildman–Crippen MR) is 110 cm³/mol. The number of aliphatic carboxylic acids is 1. The fourth-order valence-electron chi connectivity index (χ4n) is 3.04. The molecular weight excluding hydrogens is 426 g/mol. The monoisotopic (exact) mass is 445 g/mol. The average Bonchev–Trinajstić information content (AvgIpc) is 2.73. The summed E-state index contributed by atoms with van der Waals surface area (Å²) < 4.78 is 5.67. The number of ether oxygens (including phenoxy) is 1. The van der Waals surface area contributed by atoms with Gasteiger partial charge in [0.1, 0.15) is 12.3 Å². The standard InChI is InChI=1S/C21H20ClN3O6/c1-12-2-4-14(8-15(12)22)31-17-5-3-13(9-23-17)11-25-7-6-16(26)19(21(25)30)20(29)24-10-18(27)28/h2-5,8-9,19H,6-7,10-11H2,1H3,(H,24,29)(H,27,28). The molecule has 0 spiro atoms. The highest BCUT2D eigenvalue weighted by Gasteiger charge is 2.40. The van der Waals surface area contributed by atoms with Crippen LogP contribution >= 0.6 is 11.6 Å². The van der Waals surface area contributed by atoms with Crippen molar-refractivity contribution < 1.29 is 29.0 Å². The van der Waals surface area contributed by atoms with Gasteiger partial charge in [0.05, 0.1) is 0 Å². The summed E-state index contributed by atoms with van der Waals surface area (Å²) >= 11 is 6.09. The maximum Gasteiger partial charge on any atom is 0.322 e. The van der Waals surface area contributed by atoms with E-state index < -0.39 is 36.0 Å². The minimum Gasteiger partial charge on any atom is -0.480 e. The zero-order chi connectivity index (χ0) is 22.5. The van der Waals surface area contributed by atoms with Crippen molar-refractivity contribution in [2.45, 2.75) is 19.9 Å². The summed E-state index contributed by atoms with van der Waals surface area (Å²) in [6, 6.07) is 8.65. The van der Waals surface area contributed by atoms with Gasteiger partial charge in [-0.05, 0) is 30.2 Å². The number of nitrogens with zero attached hydrogens (tertiary/aromatic N) is 2. The Kier molecular flexibility index (Phi) is 6.86. The molecule has 1 aliphatic heterocycles. The molecular formula is C21H20ClN3O6. The molecule has 0 aliphatic carbocycles. The number of carboxylic acids is 1. The van der Waals surface area contributed by atoms with Crippen LogP contribution in [0.5, 0.6) is 11.6 Å². The number of likely N-dealkylation sites (tertiary alicyclic amines) is 1. The van der Waals surface area contributed by atoms with Gasteiger partial charge in [-0.25, -0.2) is 4.98 Å². The lowest BCUT2D eigenvalue weighted by atomic mass is 9.94. The lowest BCUT2D eigenvalue weighted by Crippen LogP contribution is -2.52. The highest BCUT2D eigenvalue weighted by Crippen LogP contribution is 2.26. The first-order valence-electron chi connectivity index (χ1n) is 9.44. The number of benzene rings is 1. The summed E-state index contributed by atoms with van der Waals surface area (Å²) in [4.78, 5) is 53.0. The van der Waals surface area contributed by atoms with E-state index in [9.17, 15) is 19.2 Å². The van der Waals surface area contributed by atoms with Crippen LogP contribution in [0.25, 0.3) is 0 Å². The maximum atomic E-state index is 12.6. The summed E-state index contributed by atoms with van der Waals surface area (Å²) in [7, 11) is 0. The molecule has 2 heterocycles. The van der Waals surface area contributed by atoms with Gasteiger partial charge in [-0.3, -0.25) is 19.2 Å². The Labute approximate surface area is 183 Å². The number of hydrogen-bond donors (Lipinski definition) is 2. The molecule has 1 aromatic heterocycles. The van der Waals surface area contributed by atoms with Crippen molar-refractivity contribution in [2.24, 2.45) is 5.92 Å². The molecule has 1 aliphatic rings. The van der Waals surface area contributed by atoms with E-state index >= 15 is 0 Å². The molecule has 10 heteroatoms. The normalized spacial score (nSPS) is 16.2. The molecule has 9 nitrogen and oxygen atoms in total. The second-order valence-corrected chi connectivity index (χ2v) is 7.45. The molecule has 31 heavy (non-hydrogen) atoms. The first-order chi connectivity index (χ1) is 14.7. The van der Waals surface area contributed by atoms with Gasteiger partial charge in [-0.1, -0.05) is 23.7 Å². The van der Waals surface area contributed by atoms with Gasteiger partial charge < -0.3 is 20.1 Å². The van der Waals surface area contributed by atoms with E-state index in [1.165, 1.54) is 11.1 Å². The molecule has 1 saturated heterocycles. The summed E-state index contributed by atoms with van der Waals surface area (Å²) in [5.41, 5.74) is 1.61. The van der Waals surface area contributed by atoms with Gasteiger partial charge in [0, 0.05) is 36.8 Å². The molecule has 0 saturated carbocycles. The Morgan fingerprint density at radius 1 is 1.29 bits per heavy atom. The fourth-order valence-corrected chi connectivity index (χ4v) is 3.21. The van der Waals surface area contributed by atoms with Crippen molar-refractivity contribution in [2.75, 3.05) is 13.1 Å². The lowest BCUT2D eigenvalue weighted by molar-refractivity contribution is -0.152. The highest BCUT2D eigenvalue weighted by molar-refractivity contribution is 6.31. The number of nitrogens with one attached hydrogen (secondary N) is 1. The van der Waals surface area contributed by atoms with Crippen LogP contribution in [0.1, 0.15) is 17.5 Å². The first-order valence-corrected chi connectivity index (χ1v) is 9.82. The first kappa shape index (κ1) is 22.2. The van der Waals surface area contributed by atoms with Crippen molar-refractivity contribution in [1.82, 2.24) is 15.2 Å². The van der Waals surface area contributed by atoms with Crippen molar-refractivity contribution >= 4 is 35.2 Å². The number of Topliss-reactive ketones (excluding diaryl/α,β-unsaturated/α-hetero) is 1. The number of ketones is 1. The van der Waals surface area contributed by atoms with Crippen LogP contribution in [-0.4, -0.2) is 51.6 Å². The van der Waals surface area contributed by atoms with Crippen LogP contribution in [0.3, 0.4) is 0 Å². The predicted octanol–water partition coefficient (Wildman–Crippen LogP) is 1.95. The Morgan fingerprint density at radius 2 is 2.06 bits per heavy atom. The second-order valence-electron chi connectivity index (χ2n) is 7.04. The van der Waals surface area contributed by atoms with E-state index in [2.05, 4.69) is 10.3 Å². The van der Waals surface area contributed by atoms with Crippen LogP contribution in [0.15, 0.2) is 36.5 Å². The van der Waals surface area contributed by atoms with E-state index in [0.717, 1.165) is 5.56 Å². The molecule has 3 rings (SSSR count). The fraction of sp³-hybridized carbons (Fsp3) is 0.286. The third-order valence-corrected chi connectivity index (χ3v) is 5.13. The number of rotatable bonds is 7. The number of piperidine rings is 1. The molecule has 2 aromatic rings. The largest absolute Gasteiger partial charge is 0.480 e. The molecule has 2 amide bonds. The maximum absolute atomic E-state index is 12.6. The van der Waals surface area contributed by atoms with Crippen molar-refractivity contribution in [3.63, 3.8) is 0 Å². The van der Waals surface area contributed by atoms with E-state index in [1.807, 2.05) is 13.0 Å². The van der Waals surface area contributed by atoms with Gasteiger partial charge >= 0.3 is 5.97 Å². The second kappa shape index (κ2) is 9.57. The van der Waals surface area contributed by atoms with Crippen molar-refractivity contribution in [1.29, 1.82) is 0 Å². The third-order valence-electron chi connectivity index (χ3n) is 4.72. The third kappa shape index (κ3) is 5.58. The minimum absolute atomic E-state index is 0.0136. The zero-order valence-electron chi connectivity index (χ0n) is 16.6. The Morgan fingerprint density at radius 3 is 2.71 bits per heavy atom. The lowest BCUT2D eigenvalue weighted by Gasteiger charge is -2.30. The van der Waals surface area contributed by atoms with Crippen molar-refractivity contribution in [3.8, 4) is 11.6 Å². The van der Waals surface area contributed by atoms with Gasteiger partial charge in [0.15, 0.2) is 11.7 Å². The number of pyridine rings is 1. The Hall–Kier alpha value is -3.46. The van der Waals surface area contributed by atoms with E-state index in [4.69, 9.17) is 21.4 Å². The van der Waals surface area contributed by atoms with Crippen molar-refractivity contribution in [3.05, 3.63) is 52.7 Å². The van der Waals surface area contributed by atoms with Crippen LogP contribution in [-0.2, 0) is 25.7 Å². The van der Waals surface area contributed by atoms with Gasteiger partial charge in [0.25, 0.3) is 0 Å². The SMILES string of the molecule is Cc1ccc(Oc2ccc(CN3CCC(=O)C(C(=O)NCC(=O)O)C3=O)cn2)cc1Cl. The number of amides is 2. The Bertz CT molecular complexity index is 1020. The van der Waals surface area contributed by atoms with Gasteiger partial charge in [-0.15, -0.1) is 0 Å². The number of carbonyl (C=O) groups is 4. The summed E-state index contributed by atoms with van der Waals surface area (Å²) in [6.07, 6.45) is 1.55. The van der Waals surface area contributed by atoms with E-state index in [-0.39, 0.29) is 19.5 Å². The smallest absolute Gasteiger partial charge is 0.322 e. The van der Waals surface area contributed by atoms with Crippen LogP contribution in [0.2, 0.25) is 5.02 Å². The number of halogens is 1. The summed E-state index contributed by atoms with van der Waals surface area (Å²) in [5, 5.41) is 11.3. The molecule has 0 radical (unpaired) electrons. The number of carbonyl (C=O) groups excluding carboxylic acids is 3. The topological polar surface area (TPSA) is 126 Å². The van der Waals surface area contributed by atoms with Crippen LogP contribution < -0.4 is 10.1 Å². The van der Waals surface area contributed by atoms with Gasteiger partial charge in [0.2, 0.25) is 17.7 Å². The number of hydrogen-bond acceptors (Lipinski definition) is 6. The number of aryl methyl sites for hydroxylation is 1. The summed E-state index contributed by atoms with van der Waals surface area (Å²) in [6.45, 7) is 1.54. The van der Waals surface area contributed by atoms with E-state index in [1.54, 1.807) is 24.3 Å². The minimum atomic E-state index is -1.53. The quantitative estimate of drug-likeness (QED) is 0.624. The molecule has 1 aromatic carbocycles. The van der Waals surface area contributed by atoms with E-state index in [0.29, 0.717) is 22.2 Å². The Balaban J connectivity index is 1.64. The molecule has 162 valence electrons. The highest BCUT2D eigenvalue weighted by atomic mass is 35.5. The molecule has 0 bridgehead atoms. The molecule has 1 atom stereocenters. The summed E-state index contributed by atoms with van der Waals surface area (Å²) in [5.74, 6) is -4.00. The molecule has 2 N–H and O–H groups in total. The van der Waals surface area contributed by atoms with Crippen LogP contribution in [0, 0.1) is 12.8 Å². The zero-order valence-corrected chi connectivity index (χ0v) is 17.4. The number of carboxylic acid groups (broad SMARTS) is 1. The number of aromatic nitrogens is 1. The van der Waals surface area contributed by atoms with Crippen LogP contribution in [0.4, 0.5) is 0 Å². The van der Waals surface area contributed by atoms with Gasteiger partial charge in [-0.2, -0.15) is 0 Å². The molecule has 1 unspecified atom stereocenters.